The van der Waals surface area contributed by atoms with Gasteiger partial charge in [-0.15, -0.1) is 0 Å². The topological polar surface area (TPSA) is 22.9 Å². The minimum absolute atomic E-state index is 0.0953. The van der Waals surface area contributed by atoms with Crippen LogP contribution in [-0.4, -0.2) is 6.71 Å². The summed E-state index contributed by atoms with van der Waals surface area (Å²) in [5.74, 6) is 0. The van der Waals surface area contributed by atoms with Gasteiger partial charge in [0.05, 0.1) is 0 Å². The zero-order valence-corrected chi connectivity index (χ0v) is 48.8. The number of hydrogen-bond donors (Lipinski definition) is 0. The van der Waals surface area contributed by atoms with Crippen molar-refractivity contribution in [3.05, 3.63) is 264 Å². The van der Waals surface area contributed by atoms with Crippen LogP contribution in [0.1, 0.15) is 83.2 Å². The van der Waals surface area contributed by atoms with Crippen LogP contribution in [0, 0.1) is 6.92 Å². The quantitative estimate of drug-likeness (QED) is 0.148. The van der Waals surface area contributed by atoms with Gasteiger partial charge < -0.3 is 19.1 Å². The van der Waals surface area contributed by atoms with Gasteiger partial charge in [-0.2, -0.15) is 0 Å². The molecule has 5 heteroatoms. The summed E-state index contributed by atoms with van der Waals surface area (Å²) in [6.45, 7) is 20.9. The highest BCUT2D eigenvalue weighted by Gasteiger charge is 2.45. The fourth-order valence-corrected chi connectivity index (χ4v) is 13.8. The lowest BCUT2D eigenvalue weighted by molar-refractivity contribution is 0.569. The van der Waals surface area contributed by atoms with Gasteiger partial charge in [-0.1, -0.05) is 201 Å². The van der Waals surface area contributed by atoms with E-state index in [0.717, 1.165) is 61.8 Å². The number of furan rings is 1. The Hall–Kier alpha value is -9.32. The Kier molecular flexibility index (Phi) is 11.3. The Morgan fingerprint density at radius 1 is 0.398 bits per heavy atom. The lowest BCUT2D eigenvalue weighted by Crippen LogP contribution is -2.61. The Bertz CT molecular complexity index is 4550. The molecule has 0 spiro atoms. The molecular weight excluding hydrogens is 1010 g/mol. The Labute approximate surface area is 489 Å². The molecule has 0 saturated carbocycles. The van der Waals surface area contributed by atoms with E-state index < -0.39 is 0 Å². The molecule has 0 amide bonds. The van der Waals surface area contributed by atoms with Crippen molar-refractivity contribution in [1.29, 1.82) is 0 Å². The van der Waals surface area contributed by atoms with E-state index in [-0.39, 0.29) is 23.0 Å². The van der Waals surface area contributed by atoms with Crippen LogP contribution < -0.4 is 31.1 Å². The molecule has 11 aromatic carbocycles. The van der Waals surface area contributed by atoms with Crippen molar-refractivity contribution in [2.75, 3.05) is 14.7 Å². The summed E-state index contributed by atoms with van der Waals surface area (Å²) < 4.78 is 6.77. The third-order valence-electron chi connectivity index (χ3n) is 18.1. The highest BCUT2D eigenvalue weighted by atomic mass is 16.3. The smallest absolute Gasteiger partial charge is 0.252 e. The molecule has 2 aliphatic heterocycles. The van der Waals surface area contributed by atoms with Gasteiger partial charge in [0, 0.05) is 73.4 Å². The first-order chi connectivity index (χ1) is 40.1. The van der Waals surface area contributed by atoms with Gasteiger partial charge in [0.15, 0.2) is 0 Å². The Morgan fingerprint density at radius 2 is 0.964 bits per heavy atom. The van der Waals surface area contributed by atoms with Crippen molar-refractivity contribution in [2.24, 2.45) is 0 Å². The summed E-state index contributed by atoms with van der Waals surface area (Å²) in [5.41, 5.74) is 29.3. The van der Waals surface area contributed by atoms with Crippen molar-refractivity contribution in [3.63, 3.8) is 0 Å². The van der Waals surface area contributed by atoms with Crippen molar-refractivity contribution >= 4 is 96.2 Å². The zero-order chi connectivity index (χ0) is 56.7. The van der Waals surface area contributed by atoms with E-state index in [1.165, 1.54) is 89.0 Å². The summed E-state index contributed by atoms with van der Waals surface area (Å²) in [6.07, 6.45) is 0. The van der Waals surface area contributed by atoms with Crippen LogP contribution in [-0.2, 0) is 16.2 Å². The maximum absolute atomic E-state index is 6.77. The van der Waals surface area contributed by atoms with Gasteiger partial charge in [-0.25, -0.2) is 0 Å². The molecule has 12 aromatic rings. The van der Waals surface area contributed by atoms with Crippen LogP contribution >= 0.6 is 0 Å². The summed E-state index contributed by atoms with van der Waals surface area (Å²) in [7, 11) is 0. The average Bonchev–Trinajstić information content (AvgIpc) is 2.40. The monoisotopic (exact) mass is 1070 g/mol. The number of para-hydroxylation sites is 1. The molecular formula is C78H66BN3O. The first-order valence-corrected chi connectivity index (χ1v) is 29.4. The lowest BCUT2D eigenvalue weighted by atomic mass is 9.33. The standard InChI is InChI=1S/C78H66BN3O/c1-49-40-71-75-72(41-49)82(59-34-37-64-63-25-17-19-27-73(63)83-74(64)48-59)70-47-58(80(56-31-28-52(29-32-56)50-20-12-10-13-21-50)60-44-54(76(2,3)4)43-55(45-60)77(5,6)7)35-38-67(70)79(75)68-42-53(51-22-14-11-15-23-51)30-39-69(68)81(71)57-33-36-62-61-24-16-18-26-65(61)78(8,9)66(62)46-57/h10-48H,1-9H3. The van der Waals surface area contributed by atoms with Crippen LogP contribution in [0.5, 0.6) is 0 Å². The predicted molar refractivity (Wildman–Crippen MR) is 353 cm³/mol. The molecule has 3 aliphatic rings. The van der Waals surface area contributed by atoms with Crippen LogP contribution in [0.15, 0.2) is 241 Å². The third kappa shape index (κ3) is 8.18. The fourth-order valence-electron chi connectivity index (χ4n) is 13.8. The van der Waals surface area contributed by atoms with Gasteiger partial charge in [0.2, 0.25) is 0 Å². The zero-order valence-electron chi connectivity index (χ0n) is 48.8. The largest absolute Gasteiger partial charge is 0.456 e. The number of fused-ring (bicyclic) bond motifs is 10. The number of benzene rings is 11. The molecule has 0 saturated heterocycles. The van der Waals surface area contributed by atoms with E-state index in [2.05, 4.69) is 314 Å². The minimum atomic E-state index is -0.171. The van der Waals surface area contributed by atoms with Gasteiger partial charge in [-0.3, -0.25) is 0 Å². The molecule has 0 N–H and O–H groups in total. The normalized spacial score (nSPS) is 13.9. The third-order valence-corrected chi connectivity index (χ3v) is 18.1. The van der Waals surface area contributed by atoms with Crippen molar-refractivity contribution < 1.29 is 4.42 Å². The molecule has 402 valence electrons. The van der Waals surface area contributed by atoms with Gasteiger partial charge >= 0.3 is 0 Å². The molecule has 1 aromatic heterocycles. The minimum Gasteiger partial charge on any atom is -0.456 e. The number of hydrogen-bond acceptors (Lipinski definition) is 4. The first kappa shape index (κ1) is 50.6. The first-order valence-electron chi connectivity index (χ1n) is 29.4. The van der Waals surface area contributed by atoms with E-state index in [1.807, 2.05) is 0 Å². The van der Waals surface area contributed by atoms with Gasteiger partial charge in [-0.05, 0) is 180 Å². The second-order valence-corrected chi connectivity index (χ2v) is 25.9. The summed E-state index contributed by atoms with van der Waals surface area (Å²) >= 11 is 0. The highest BCUT2D eigenvalue weighted by molar-refractivity contribution is 7.00. The molecule has 3 heterocycles. The van der Waals surface area contributed by atoms with Gasteiger partial charge in [0.1, 0.15) is 11.2 Å². The molecule has 1 aliphatic carbocycles. The summed E-state index contributed by atoms with van der Waals surface area (Å²) in [4.78, 5) is 7.61. The van der Waals surface area contributed by atoms with Crippen LogP contribution in [0.2, 0.25) is 0 Å². The molecule has 0 radical (unpaired) electrons. The van der Waals surface area contributed by atoms with Crippen LogP contribution in [0.3, 0.4) is 0 Å². The van der Waals surface area contributed by atoms with E-state index in [1.54, 1.807) is 0 Å². The number of rotatable bonds is 7. The molecule has 83 heavy (non-hydrogen) atoms. The van der Waals surface area contributed by atoms with Crippen molar-refractivity contribution in [3.8, 4) is 33.4 Å². The molecule has 0 fully saturated rings. The van der Waals surface area contributed by atoms with Crippen LogP contribution in [0.4, 0.5) is 51.2 Å². The maximum atomic E-state index is 6.77. The summed E-state index contributed by atoms with van der Waals surface area (Å²) in [6, 6.07) is 88.8. The Morgan fingerprint density at radius 3 is 1.67 bits per heavy atom. The summed E-state index contributed by atoms with van der Waals surface area (Å²) in [5, 5.41) is 2.22. The molecule has 15 rings (SSSR count). The van der Waals surface area contributed by atoms with Crippen molar-refractivity contribution in [2.45, 2.75) is 78.6 Å². The van der Waals surface area contributed by atoms with E-state index >= 15 is 0 Å². The van der Waals surface area contributed by atoms with E-state index in [9.17, 15) is 0 Å². The predicted octanol–water partition coefficient (Wildman–Crippen LogP) is 19.7. The molecule has 0 bridgehead atoms. The molecule has 4 nitrogen and oxygen atoms in total. The van der Waals surface area contributed by atoms with E-state index in [4.69, 9.17) is 4.42 Å². The second-order valence-electron chi connectivity index (χ2n) is 25.9. The molecule has 0 atom stereocenters. The van der Waals surface area contributed by atoms with Crippen LogP contribution in [0.25, 0.3) is 55.3 Å². The van der Waals surface area contributed by atoms with Gasteiger partial charge in [0.25, 0.3) is 6.71 Å². The number of anilines is 9. The average molecular weight is 1070 g/mol. The second kappa shape index (κ2) is 18.6. The fraction of sp³-hybridized carbons (Fsp3) is 0.154. The number of aryl methyl sites for hydroxylation is 1. The SMILES string of the molecule is Cc1cc2c3c(c1)N(c1ccc4c(c1)oc1ccccc14)c1cc(N(c4ccc(-c5ccccc5)cc4)c4cc(C(C)(C)C)cc(C(C)(C)C)c4)ccc1B3c1cc(-c3ccccc3)ccc1N2c1ccc2c(c1)C(C)(C)c1ccccc1-2. The van der Waals surface area contributed by atoms with E-state index in [0.29, 0.717) is 0 Å². The lowest BCUT2D eigenvalue weighted by Gasteiger charge is -2.45. The maximum Gasteiger partial charge on any atom is 0.252 e. The van der Waals surface area contributed by atoms with Crippen molar-refractivity contribution in [1.82, 2.24) is 0 Å². The Balaban J connectivity index is 1.00. The molecule has 0 unspecified atom stereocenters. The highest BCUT2D eigenvalue weighted by Crippen LogP contribution is 2.53. The number of nitrogens with zero attached hydrogens (tertiary/aromatic N) is 3.